The minimum atomic E-state index is 0.242. The van der Waals surface area contributed by atoms with Crippen molar-refractivity contribution in [2.75, 3.05) is 36.8 Å². The van der Waals surface area contributed by atoms with Crippen LogP contribution in [0.1, 0.15) is 46.4 Å². The molecule has 1 aromatic heterocycles. The minimum Gasteiger partial charge on any atom is -0.394 e. The maximum atomic E-state index is 6.25. The van der Waals surface area contributed by atoms with Gasteiger partial charge in [-0.1, -0.05) is 0 Å². The number of nitrogen functional groups attached to an aromatic ring is 1. The van der Waals surface area contributed by atoms with Crippen molar-refractivity contribution in [1.29, 1.82) is 0 Å². The van der Waals surface area contributed by atoms with Crippen molar-refractivity contribution in [3.8, 4) is 0 Å². The summed E-state index contributed by atoms with van der Waals surface area (Å²) in [6.45, 7) is 17.3. The van der Waals surface area contributed by atoms with E-state index >= 15 is 0 Å². The van der Waals surface area contributed by atoms with Crippen LogP contribution in [0.2, 0.25) is 0 Å². The highest BCUT2D eigenvalue weighted by Crippen LogP contribution is 2.30. The maximum Gasteiger partial charge on any atom is 0.151 e. The SMILES string of the molecule is Cc1nn(C(C)C)c(N2CCN(C(C)(C)C)CC2)c1N. The van der Waals surface area contributed by atoms with E-state index in [9.17, 15) is 0 Å². The molecular formula is C15H29N5. The fourth-order valence-electron chi connectivity index (χ4n) is 2.81. The molecule has 2 N–H and O–H groups in total. The fourth-order valence-corrected chi connectivity index (χ4v) is 2.81. The lowest BCUT2D eigenvalue weighted by Crippen LogP contribution is -2.54. The zero-order chi connectivity index (χ0) is 15.1. The van der Waals surface area contributed by atoms with E-state index in [1.54, 1.807) is 0 Å². The van der Waals surface area contributed by atoms with Gasteiger partial charge in [-0.05, 0) is 41.5 Å². The van der Waals surface area contributed by atoms with Crippen molar-refractivity contribution in [2.24, 2.45) is 0 Å². The number of aromatic nitrogens is 2. The molecule has 0 atom stereocenters. The van der Waals surface area contributed by atoms with Crippen LogP contribution in [-0.4, -0.2) is 46.4 Å². The quantitative estimate of drug-likeness (QED) is 0.902. The molecule has 0 spiro atoms. The lowest BCUT2D eigenvalue weighted by molar-refractivity contribution is 0.128. The number of hydrogen-bond donors (Lipinski definition) is 1. The van der Waals surface area contributed by atoms with E-state index in [1.807, 2.05) is 6.92 Å². The number of piperazine rings is 1. The van der Waals surface area contributed by atoms with Gasteiger partial charge in [0, 0.05) is 37.8 Å². The Hall–Kier alpha value is -1.23. The normalized spacial score (nSPS) is 18.1. The standard InChI is InChI=1S/C15H29N5/c1-11(2)20-14(13(16)12(3)17-20)18-7-9-19(10-8-18)15(4,5)6/h11H,7-10,16H2,1-6H3. The van der Waals surface area contributed by atoms with Crippen LogP contribution in [0.3, 0.4) is 0 Å². The lowest BCUT2D eigenvalue weighted by Gasteiger charge is -2.43. The first-order valence-electron chi connectivity index (χ1n) is 7.56. The molecule has 0 saturated carbocycles. The minimum absolute atomic E-state index is 0.242. The van der Waals surface area contributed by atoms with E-state index in [1.165, 1.54) is 0 Å². The molecule has 1 aliphatic heterocycles. The lowest BCUT2D eigenvalue weighted by atomic mass is 10.0. The van der Waals surface area contributed by atoms with Crippen LogP contribution >= 0.6 is 0 Å². The number of hydrogen-bond acceptors (Lipinski definition) is 4. The molecule has 0 aliphatic carbocycles. The molecule has 0 bridgehead atoms. The summed E-state index contributed by atoms with van der Waals surface area (Å²) < 4.78 is 2.07. The monoisotopic (exact) mass is 279 g/mol. The Bertz CT molecular complexity index is 461. The first kappa shape index (κ1) is 15.2. The Kier molecular flexibility index (Phi) is 4.00. The van der Waals surface area contributed by atoms with Gasteiger partial charge in [-0.3, -0.25) is 4.90 Å². The van der Waals surface area contributed by atoms with E-state index in [0.717, 1.165) is 43.4 Å². The molecule has 0 amide bonds. The third-order valence-electron chi connectivity index (χ3n) is 4.12. The molecule has 0 aromatic carbocycles. The van der Waals surface area contributed by atoms with Gasteiger partial charge in [0.05, 0.1) is 11.4 Å². The second-order valence-corrected chi connectivity index (χ2v) is 7.01. The van der Waals surface area contributed by atoms with Gasteiger partial charge in [0.15, 0.2) is 5.82 Å². The van der Waals surface area contributed by atoms with Gasteiger partial charge in [0.1, 0.15) is 0 Å². The van der Waals surface area contributed by atoms with E-state index in [2.05, 4.69) is 54.2 Å². The number of aryl methyl sites for hydroxylation is 1. The maximum absolute atomic E-state index is 6.25. The predicted molar refractivity (Wildman–Crippen MR) is 85.3 cm³/mol. The molecule has 1 saturated heterocycles. The van der Waals surface area contributed by atoms with Crippen molar-refractivity contribution >= 4 is 11.5 Å². The Morgan fingerprint density at radius 1 is 1.10 bits per heavy atom. The largest absolute Gasteiger partial charge is 0.394 e. The molecule has 2 heterocycles. The van der Waals surface area contributed by atoms with Gasteiger partial charge >= 0.3 is 0 Å². The van der Waals surface area contributed by atoms with Crippen LogP contribution in [0.4, 0.5) is 11.5 Å². The molecule has 0 radical (unpaired) electrons. The van der Waals surface area contributed by atoms with Crippen molar-refractivity contribution in [3.05, 3.63) is 5.69 Å². The summed E-state index contributed by atoms with van der Waals surface area (Å²) >= 11 is 0. The van der Waals surface area contributed by atoms with Crippen LogP contribution in [-0.2, 0) is 0 Å². The second-order valence-electron chi connectivity index (χ2n) is 7.01. The topological polar surface area (TPSA) is 50.3 Å². The highest BCUT2D eigenvalue weighted by Gasteiger charge is 2.29. The molecule has 0 unspecified atom stereocenters. The summed E-state index contributed by atoms with van der Waals surface area (Å²) in [5, 5.41) is 4.59. The fraction of sp³-hybridized carbons (Fsp3) is 0.800. The average molecular weight is 279 g/mol. The molecule has 1 aliphatic rings. The molecule has 20 heavy (non-hydrogen) atoms. The van der Waals surface area contributed by atoms with Gasteiger partial charge in [0.25, 0.3) is 0 Å². The van der Waals surface area contributed by atoms with Crippen LogP contribution < -0.4 is 10.6 Å². The number of anilines is 2. The van der Waals surface area contributed by atoms with E-state index in [-0.39, 0.29) is 5.54 Å². The highest BCUT2D eigenvalue weighted by atomic mass is 15.4. The van der Waals surface area contributed by atoms with Crippen molar-refractivity contribution in [1.82, 2.24) is 14.7 Å². The number of nitrogens with two attached hydrogens (primary N) is 1. The Balaban J connectivity index is 2.19. The molecule has 1 aromatic rings. The Morgan fingerprint density at radius 3 is 2.10 bits per heavy atom. The molecule has 5 nitrogen and oxygen atoms in total. The van der Waals surface area contributed by atoms with Gasteiger partial charge in [-0.25, -0.2) is 4.68 Å². The highest BCUT2D eigenvalue weighted by molar-refractivity contribution is 5.66. The van der Waals surface area contributed by atoms with Crippen LogP contribution in [0.5, 0.6) is 0 Å². The third-order valence-corrected chi connectivity index (χ3v) is 4.12. The third kappa shape index (κ3) is 2.77. The van der Waals surface area contributed by atoms with Gasteiger partial charge in [0.2, 0.25) is 0 Å². The molecule has 2 rings (SSSR count). The summed E-state index contributed by atoms with van der Waals surface area (Å²) in [7, 11) is 0. The van der Waals surface area contributed by atoms with Crippen LogP contribution in [0.15, 0.2) is 0 Å². The van der Waals surface area contributed by atoms with Crippen molar-refractivity contribution in [2.45, 2.75) is 53.1 Å². The van der Waals surface area contributed by atoms with Crippen LogP contribution in [0.25, 0.3) is 0 Å². The molecular weight excluding hydrogens is 250 g/mol. The first-order valence-corrected chi connectivity index (χ1v) is 7.56. The smallest absolute Gasteiger partial charge is 0.151 e. The van der Waals surface area contributed by atoms with Crippen LogP contribution in [0, 0.1) is 6.92 Å². The first-order chi connectivity index (χ1) is 9.21. The van der Waals surface area contributed by atoms with E-state index in [0.29, 0.717) is 6.04 Å². The molecule has 5 heteroatoms. The number of nitrogens with zero attached hydrogens (tertiary/aromatic N) is 4. The second kappa shape index (κ2) is 5.28. The number of rotatable bonds is 2. The summed E-state index contributed by atoms with van der Waals surface area (Å²) in [6.07, 6.45) is 0. The zero-order valence-electron chi connectivity index (χ0n) is 13.8. The van der Waals surface area contributed by atoms with E-state index < -0.39 is 0 Å². The predicted octanol–water partition coefficient (Wildman–Crippen LogP) is 2.28. The zero-order valence-corrected chi connectivity index (χ0v) is 13.8. The summed E-state index contributed by atoms with van der Waals surface area (Å²) in [4.78, 5) is 4.92. The van der Waals surface area contributed by atoms with Gasteiger partial charge in [-0.2, -0.15) is 5.10 Å². The average Bonchev–Trinajstić information content (AvgIpc) is 2.65. The summed E-state index contributed by atoms with van der Waals surface area (Å²) in [5.74, 6) is 1.10. The summed E-state index contributed by atoms with van der Waals surface area (Å²) in [6, 6.07) is 0.335. The van der Waals surface area contributed by atoms with Gasteiger partial charge in [-0.15, -0.1) is 0 Å². The Labute approximate surface area is 122 Å². The van der Waals surface area contributed by atoms with Crippen molar-refractivity contribution in [3.63, 3.8) is 0 Å². The molecule has 1 fully saturated rings. The molecule has 114 valence electrons. The van der Waals surface area contributed by atoms with Crippen molar-refractivity contribution < 1.29 is 0 Å². The summed E-state index contributed by atoms with van der Waals surface area (Å²) in [5.41, 5.74) is 8.27. The van der Waals surface area contributed by atoms with Gasteiger partial charge < -0.3 is 10.6 Å². The van der Waals surface area contributed by atoms with E-state index in [4.69, 9.17) is 5.73 Å². The Morgan fingerprint density at radius 2 is 1.65 bits per heavy atom.